The molecule has 1 atom stereocenters. The van der Waals surface area contributed by atoms with Gasteiger partial charge in [0.2, 0.25) is 5.88 Å². The Morgan fingerprint density at radius 3 is 2.62 bits per heavy atom. The zero-order valence-electron chi connectivity index (χ0n) is 18.7. The normalized spacial score (nSPS) is 15.4. The van der Waals surface area contributed by atoms with Crippen molar-refractivity contribution in [2.24, 2.45) is 5.92 Å². The molecule has 2 aromatic heterocycles. The van der Waals surface area contributed by atoms with Crippen molar-refractivity contribution in [1.29, 1.82) is 0 Å². The van der Waals surface area contributed by atoms with Gasteiger partial charge in [0.05, 0.1) is 11.9 Å². The summed E-state index contributed by atoms with van der Waals surface area (Å²) in [4.78, 5) is 22.7. The van der Waals surface area contributed by atoms with Crippen LogP contribution in [0.2, 0.25) is 0 Å². The van der Waals surface area contributed by atoms with E-state index in [4.69, 9.17) is 9.47 Å². The molecular weight excluding hydrogens is 404 g/mol. The van der Waals surface area contributed by atoms with Crippen LogP contribution in [0.4, 0.5) is 11.5 Å². The third-order valence-electron chi connectivity index (χ3n) is 5.36. The number of benzene rings is 1. The second kappa shape index (κ2) is 9.78. The van der Waals surface area contributed by atoms with Gasteiger partial charge in [-0.25, -0.2) is 9.97 Å². The van der Waals surface area contributed by atoms with Gasteiger partial charge in [0, 0.05) is 44.6 Å². The van der Waals surface area contributed by atoms with Gasteiger partial charge >= 0.3 is 0 Å². The first kappa shape index (κ1) is 21.8. The summed E-state index contributed by atoms with van der Waals surface area (Å²) in [7, 11) is 3.47. The fraction of sp³-hybridized carbons (Fsp3) is 0.320. The lowest BCUT2D eigenvalue weighted by atomic mass is 9.99. The number of aryl methyl sites for hydroxylation is 1. The fourth-order valence-electron chi connectivity index (χ4n) is 3.58. The second-order valence-corrected chi connectivity index (χ2v) is 8.29. The number of pyridine rings is 2. The average Bonchev–Trinajstić information content (AvgIpc) is 3.30. The topological polar surface area (TPSA) is 76.6 Å². The number of hydrogen-bond acceptors (Lipinski definition) is 6. The average molecular weight is 433 g/mol. The van der Waals surface area contributed by atoms with Crippen molar-refractivity contribution in [3.63, 3.8) is 0 Å². The van der Waals surface area contributed by atoms with Gasteiger partial charge in [-0.2, -0.15) is 0 Å². The Bertz CT molecular complexity index is 1060. The molecule has 1 unspecified atom stereocenters. The molecule has 1 aliphatic heterocycles. The van der Waals surface area contributed by atoms with Gasteiger partial charge in [0.25, 0.3) is 5.91 Å². The summed E-state index contributed by atoms with van der Waals surface area (Å²) in [6.45, 7) is 3.55. The first-order valence-electron chi connectivity index (χ1n) is 10.7. The molecule has 7 heteroatoms. The smallest absolute Gasteiger partial charge is 0.253 e. The van der Waals surface area contributed by atoms with Gasteiger partial charge in [-0.1, -0.05) is 6.07 Å². The van der Waals surface area contributed by atoms with Gasteiger partial charge in [0.1, 0.15) is 11.6 Å². The van der Waals surface area contributed by atoms with Crippen LogP contribution in [0.1, 0.15) is 27.9 Å². The highest BCUT2D eigenvalue weighted by Crippen LogP contribution is 2.30. The third-order valence-corrected chi connectivity index (χ3v) is 5.36. The lowest BCUT2D eigenvalue weighted by Gasteiger charge is -2.15. The molecule has 3 heterocycles. The Labute approximate surface area is 188 Å². The Kier molecular flexibility index (Phi) is 6.66. The maximum absolute atomic E-state index is 12.1. The number of rotatable bonds is 7. The van der Waals surface area contributed by atoms with Crippen LogP contribution >= 0.6 is 0 Å². The van der Waals surface area contributed by atoms with Crippen LogP contribution in [0.15, 0.2) is 54.9 Å². The van der Waals surface area contributed by atoms with E-state index >= 15 is 0 Å². The van der Waals surface area contributed by atoms with Gasteiger partial charge in [0.15, 0.2) is 0 Å². The highest BCUT2D eigenvalue weighted by Gasteiger charge is 2.20. The van der Waals surface area contributed by atoms with E-state index in [1.54, 1.807) is 49.5 Å². The van der Waals surface area contributed by atoms with E-state index in [0.717, 1.165) is 48.7 Å². The zero-order chi connectivity index (χ0) is 22.5. The van der Waals surface area contributed by atoms with E-state index in [1.807, 2.05) is 25.3 Å². The van der Waals surface area contributed by atoms with Crippen molar-refractivity contribution in [2.45, 2.75) is 19.8 Å². The highest BCUT2D eigenvalue weighted by atomic mass is 16.5. The Morgan fingerprint density at radius 1 is 1.16 bits per heavy atom. The minimum atomic E-state index is -0.0447. The number of anilines is 2. The Hall–Kier alpha value is -3.45. The van der Waals surface area contributed by atoms with E-state index in [1.165, 1.54) is 0 Å². The van der Waals surface area contributed by atoms with E-state index in [2.05, 4.69) is 21.4 Å². The molecule has 1 aromatic carbocycles. The molecule has 0 bridgehead atoms. The molecule has 1 aliphatic rings. The second-order valence-electron chi connectivity index (χ2n) is 8.29. The quantitative estimate of drug-likeness (QED) is 0.588. The van der Waals surface area contributed by atoms with Crippen LogP contribution < -0.4 is 10.1 Å². The molecular formula is C25H28N4O3. The summed E-state index contributed by atoms with van der Waals surface area (Å²) in [5.74, 6) is 2.36. The van der Waals surface area contributed by atoms with Gasteiger partial charge in [-0.15, -0.1) is 0 Å². The van der Waals surface area contributed by atoms with Crippen LogP contribution in [-0.2, 0) is 11.2 Å². The number of carbonyl (C=O) groups excluding carboxylic acids is 1. The summed E-state index contributed by atoms with van der Waals surface area (Å²) in [6.07, 6.45) is 5.42. The van der Waals surface area contributed by atoms with E-state index < -0.39 is 0 Å². The largest absolute Gasteiger partial charge is 0.439 e. The number of ether oxygens (including phenoxy) is 2. The minimum absolute atomic E-state index is 0.0447. The van der Waals surface area contributed by atoms with E-state index in [9.17, 15) is 4.79 Å². The van der Waals surface area contributed by atoms with E-state index in [-0.39, 0.29) is 5.91 Å². The molecule has 0 saturated carbocycles. The molecule has 32 heavy (non-hydrogen) atoms. The molecule has 1 saturated heterocycles. The first-order chi connectivity index (χ1) is 15.5. The van der Waals surface area contributed by atoms with Crippen molar-refractivity contribution < 1.29 is 14.3 Å². The summed E-state index contributed by atoms with van der Waals surface area (Å²) < 4.78 is 11.7. The number of hydrogen-bond donors (Lipinski definition) is 1. The zero-order valence-corrected chi connectivity index (χ0v) is 18.7. The number of amides is 1. The minimum Gasteiger partial charge on any atom is -0.439 e. The number of nitrogens with one attached hydrogen (secondary N) is 1. The van der Waals surface area contributed by atoms with Crippen molar-refractivity contribution >= 4 is 17.4 Å². The molecule has 1 amide bonds. The van der Waals surface area contributed by atoms with Crippen LogP contribution in [-0.4, -0.2) is 48.1 Å². The molecule has 166 valence electrons. The van der Waals surface area contributed by atoms with Crippen molar-refractivity contribution in [2.75, 3.05) is 32.6 Å². The van der Waals surface area contributed by atoms with Gasteiger partial charge < -0.3 is 19.7 Å². The molecule has 3 aromatic rings. The Morgan fingerprint density at radius 2 is 1.97 bits per heavy atom. The SMILES string of the molecule is Cc1ccc(Nc2cnc(Oc3ccc(C(=O)N(C)C)cc3)c(CC3CCOC3)c2)nc1. The first-order valence-corrected chi connectivity index (χ1v) is 10.7. The van der Waals surface area contributed by atoms with Crippen LogP contribution in [0.5, 0.6) is 11.6 Å². The predicted molar refractivity (Wildman–Crippen MR) is 124 cm³/mol. The van der Waals surface area contributed by atoms with Crippen LogP contribution in [0.25, 0.3) is 0 Å². The third kappa shape index (κ3) is 5.42. The number of aromatic nitrogens is 2. The molecule has 4 rings (SSSR count). The summed E-state index contributed by atoms with van der Waals surface area (Å²) in [5, 5.41) is 3.32. The monoisotopic (exact) mass is 432 g/mol. The highest BCUT2D eigenvalue weighted by molar-refractivity contribution is 5.93. The summed E-state index contributed by atoms with van der Waals surface area (Å²) in [6, 6.07) is 13.1. The lowest BCUT2D eigenvalue weighted by Crippen LogP contribution is -2.21. The van der Waals surface area contributed by atoms with Crippen LogP contribution in [0, 0.1) is 12.8 Å². The maximum Gasteiger partial charge on any atom is 0.253 e. The summed E-state index contributed by atoms with van der Waals surface area (Å²) in [5.41, 5.74) is 3.59. The number of nitrogens with zero attached hydrogens (tertiary/aromatic N) is 3. The maximum atomic E-state index is 12.1. The molecule has 1 N–H and O–H groups in total. The van der Waals surface area contributed by atoms with Crippen molar-refractivity contribution in [3.8, 4) is 11.6 Å². The Balaban J connectivity index is 1.55. The molecule has 0 aliphatic carbocycles. The standard InChI is InChI=1S/C25H28N4O3/c1-17-4-9-23(26-14-17)28-21-13-20(12-18-10-11-31-16-18)24(27-15-21)32-22-7-5-19(6-8-22)25(30)29(2)3/h4-9,13-15,18H,10-12,16H2,1-3H3,(H,26,28). The van der Waals surface area contributed by atoms with Crippen molar-refractivity contribution in [3.05, 3.63) is 71.5 Å². The molecule has 0 radical (unpaired) electrons. The van der Waals surface area contributed by atoms with Gasteiger partial charge in [-0.3, -0.25) is 4.79 Å². The fourth-order valence-corrected chi connectivity index (χ4v) is 3.58. The van der Waals surface area contributed by atoms with Gasteiger partial charge in [-0.05, 0) is 67.6 Å². The molecule has 7 nitrogen and oxygen atoms in total. The van der Waals surface area contributed by atoms with Crippen molar-refractivity contribution in [1.82, 2.24) is 14.9 Å². The molecule has 1 fully saturated rings. The van der Waals surface area contributed by atoms with Crippen LogP contribution in [0.3, 0.4) is 0 Å². The summed E-state index contributed by atoms with van der Waals surface area (Å²) >= 11 is 0. The molecule has 0 spiro atoms. The van der Waals surface area contributed by atoms with E-state index in [0.29, 0.717) is 23.1 Å². The lowest BCUT2D eigenvalue weighted by molar-refractivity contribution is 0.0827. The number of carbonyl (C=O) groups is 1. The predicted octanol–water partition coefficient (Wildman–Crippen LogP) is 4.60.